The number of nitrogens with zero attached hydrogens (tertiary/aromatic N) is 1. The minimum Gasteiger partial charge on any atom is -0.491 e. The highest BCUT2D eigenvalue weighted by molar-refractivity contribution is 6.37. The van der Waals surface area contributed by atoms with Gasteiger partial charge in [-0.05, 0) is 31.8 Å². The van der Waals surface area contributed by atoms with Crippen molar-refractivity contribution in [2.45, 2.75) is 39.9 Å². The fourth-order valence-electron chi connectivity index (χ4n) is 2.61. The summed E-state index contributed by atoms with van der Waals surface area (Å²) >= 11 is 0. The molecule has 0 aromatic carbocycles. The lowest BCUT2D eigenvalue weighted by atomic mass is 9.71. The van der Waals surface area contributed by atoms with Gasteiger partial charge in [0.05, 0.1) is 19.1 Å². The smallest absolute Gasteiger partial charge is 0.356 e. The molecular formula is C14H21NO5. The van der Waals surface area contributed by atoms with E-state index < -0.39 is 17.7 Å². The third-order valence-electron chi connectivity index (χ3n) is 3.48. The van der Waals surface area contributed by atoms with E-state index in [1.54, 1.807) is 6.92 Å². The summed E-state index contributed by atoms with van der Waals surface area (Å²) in [6, 6.07) is 0. The monoisotopic (exact) mass is 283 g/mol. The number of hydrogen-bond donors (Lipinski definition) is 1. The second kappa shape index (κ2) is 5.09. The summed E-state index contributed by atoms with van der Waals surface area (Å²) in [5.41, 5.74) is -0.115. The molecule has 0 aromatic heterocycles. The third-order valence-corrected chi connectivity index (χ3v) is 3.48. The molecule has 112 valence electrons. The van der Waals surface area contributed by atoms with E-state index in [4.69, 9.17) is 14.3 Å². The molecule has 0 fully saturated rings. The van der Waals surface area contributed by atoms with Gasteiger partial charge in [0.1, 0.15) is 0 Å². The van der Waals surface area contributed by atoms with Crippen LogP contribution in [0.4, 0.5) is 0 Å². The maximum absolute atomic E-state index is 11.9. The Morgan fingerprint density at radius 1 is 1.50 bits per heavy atom. The summed E-state index contributed by atoms with van der Waals surface area (Å²) in [5.74, 6) is -2.53. The first-order valence-electron chi connectivity index (χ1n) is 6.85. The first kappa shape index (κ1) is 14.8. The molecule has 6 heteroatoms. The van der Waals surface area contributed by atoms with Crippen molar-refractivity contribution in [3.63, 3.8) is 0 Å². The number of carbonyl (C=O) groups is 1. The van der Waals surface area contributed by atoms with Gasteiger partial charge in [-0.2, -0.15) is 0 Å². The van der Waals surface area contributed by atoms with Crippen LogP contribution in [0.15, 0.2) is 17.0 Å². The van der Waals surface area contributed by atoms with Crippen molar-refractivity contribution < 1.29 is 24.2 Å². The Morgan fingerprint density at radius 3 is 2.80 bits per heavy atom. The largest absolute Gasteiger partial charge is 0.491 e. The Bertz CT molecular complexity index is 468. The average Bonchev–Trinajstić information content (AvgIpc) is 2.67. The van der Waals surface area contributed by atoms with Crippen molar-refractivity contribution >= 4 is 11.7 Å². The molecule has 0 saturated carbocycles. The van der Waals surface area contributed by atoms with Crippen LogP contribution in [0.2, 0.25) is 0 Å². The first-order chi connectivity index (χ1) is 9.34. The highest BCUT2D eigenvalue weighted by atomic mass is 16.8. The lowest BCUT2D eigenvalue weighted by Gasteiger charge is -2.38. The number of rotatable bonds is 4. The molecule has 2 aliphatic rings. The van der Waals surface area contributed by atoms with Crippen LogP contribution in [0.25, 0.3) is 0 Å². The molecule has 2 rings (SSSR count). The SMILES string of the molecule is CCOC(=O)C1=NOC2(O)C(OCC)=CC(C)(C)CC12. The molecule has 20 heavy (non-hydrogen) atoms. The lowest BCUT2D eigenvalue weighted by molar-refractivity contribution is -0.213. The zero-order chi connectivity index (χ0) is 15.0. The maximum Gasteiger partial charge on any atom is 0.356 e. The molecule has 0 radical (unpaired) electrons. The van der Waals surface area contributed by atoms with E-state index in [0.717, 1.165) is 0 Å². The van der Waals surface area contributed by atoms with Crippen LogP contribution in [-0.2, 0) is 19.1 Å². The Kier molecular flexibility index (Phi) is 3.77. The van der Waals surface area contributed by atoms with Crippen molar-refractivity contribution in [2.24, 2.45) is 16.5 Å². The highest BCUT2D eigenvalue weighted by Gasteiger charge is 2.58. The van der Waals surface area contributed by atoms with Crippen molar-refractivity contribution in [3.8, 4) is 0 Å². The van der Waals surface area contributed by atoms with Crippen LogP contribution in [-0.4, -0.2) is 35.8 Å². The van der Waals surface area contributed by atoms with Gasteiger partial charge in [-0.15, -0.1) is 0 Å². The summed E-state index contributed by atoms with van der Waals surface area (Å²) in [5, 5.41) is 14.4. The van der Waals surface area contributed by atoms with Crippen LogP contribution in [0, 0.1) is 11.3 Å². The number of allylic oxidation sites excluding steroid dienone is 1. The quantitative estimate of drug-likeness (QED) is 0.793. The summed E-state index contributed by atoms with van der Waals surface area (Å²) in [6.45, 7) is 8.20. The molecule has 0 aromatic rings. The van der Waals surface area contributed by atoms with Gasteiger partial charge in [-0.1, -0.05) is 19.0 Å². The number of ether oxygens (including phenoxy) is 2. The van der Waals surface area contributed by atoms with E-state index in [-0.39, 0.29) is 17.7 Å². The second-order valence-electron chi connectivity index (χ2n) is 5.67. The Hall–Kier alpha value is -1.56. The third kappa shape index (κ3) is 2.40. The fourth-order valence-corrected chi connectivity index (χ4v) is 2.61. The van der Waals surface area contributed by atoms with Crippen LogP contribution in [0.1, 0.15) is 34.1 Å². The van der Waals surface area contributed by atoms with Gasteiger partial charge in [0.2, 0.25) is 0 Å². The van der Waals surface area contributed by atoms with Gasteiger partial charge in [-0.3, -0.25) is 0 Å². The topological polar surface area (TPSA) is 77.4 Å². The van der Waals surface area contributed by atoms with Gasteiger partial charge in [0.15, 0.2) is 11.5 Å². The van der Waals surface area contributed by atoms with Gasteiger partial charge < -0.3 is 19.4 Å². The predicted octanol–water partition coefficient (Wildman–Crippen LogP) is 1.59. The van der Waals surface area contributed by atoms with Crippen molar-refractivity contribution in [1.29, 1.82) is 0 Å². The Labute approximate surface area is 118 Å². The van der Waals surface area contributed by atoms with Crippen LogP contribution < -0.4 is 0 Å². The van der Waals surface area contributed by atoms with E-state index in [2.05, 4.69) is 5.16 Å². The molecule has 2 atom stereocenters. The van der Waals surface area contributed by atoms with Gasteiger partial charge in [0, 0.05) is 0 Å². The molecule has 1 heterocycles. The standard InChI is InChI=1S/C14H21NO5/c1-5-18-10-8-13(3,4)7-9-11(12(16)19-6-2)15-20-14(9,10)17/h8-9,17H,5-7H2,1-4H3. The second-order valence-corrected chi connectivity index (χ2v) is 5.67. The molecule has 1 aliphatic heterocycles. The van der Waals surface area contributed by atoms with E-state index in [1.165, 1.54) is 0 Å². The van der Waals surface area contributed by atoms with Gasteiger partial charge >= 0.3 is 11.8 Å². The van der Waals surface area contributed by atoms with E-state index in [1.807, 2.05) is 26.8 Å². The summed E-state index contributed by atoms with van der Waals surface area (Å²) in [4.78, 5) is 17.0. The molecule has 1 N–H and O–H groups in total. The first-order valence-corrected chi connectivity index (χ1v) is 6.85. The Morgan fingerprint density at radius 2 is 2.20 bits per heavy atom. The van der Waals surface area contributed by atoms with E-state index >= 15 is 0 Å². The number of aliphatic hydroxyl groups is 1. The molecule has 0 saturated heterocycles. The lowest BCUT2D eigenvalue weighted by Crippen LogP contribution is -2.48. The molecule has 0 spiro atoms. The molecule has 6 nitrogen and oxygen atoms in total. The molecule has 0 bridgehead atoms. The normalized spacial score (nSPS) is 30.8. The Balaban J connectivity index is 2.33. The fraction of sp³-hybridized carbons (Fsp3) is 0.714. The number of esters is 1. The number of carbonyl (C=O) groups excluding carboxylic acids is 1. The zero-order valence-corrected chi connectivity index (χ0v) is 12.3. The number of hydrogen-bond acceptors (Lipinski definition) is 6. The van der Waals surface area contributed by atoms with Gasteiger partial charge in [-0.25, -0.2) is 4.79 Å². The van der Waals surface area contributed by atoms with Crippen molar-refractivity contribution in [3.05, 3.63) is 11.8 Å². The van der Waals surface area contributed by atoms with E-state index in [9.17, 15) is 9.90 Å². The zero-order valence-electron chi connectivity index (χ0n) is 12.3. The summed E-state index contributed by atoms with van der Waals surface area (Å²) < 4.78 is 10.4. The molecule has 0 amide bonds. The predicted molar refractivity (Wildman–Crippen MR) is 71.7 cm³/mol. The van der Waals surface area contributed by atoms with Crippen molar-refractivity contribution in [1.82, 2.24) is 0 Å². The van der Waals surface area contributed by atoms with Gasteiger partial charge in [0.25, 0.3) is 0 Å². The number of oxime groups is 1. The highest BCUT2D eigenvalue weighted by Crippen LogP contribution is 2.47. The minimum atomic E-state index is -1.70. The molecular weight excluding hydrogens is 262 g/mol. The summed E-state index contributed by atoms with van der Waals surface area (Å²) in [7, 11) is 0. The van der Waals surface area contributed by atoms with Crippen LogP contribution >= 0.6 is 0 Å². The minimum absolute atomic E-state index is 0.118. The van der Waals surface area contributed by atoms with Crippen LogP contribution in [0.5, 0.6) is 0 Å². The molecule has 2 unspecified atom stereocenters. The molecule has 1 aliphatic carbocycles. The van der Waals surface area contributed by atoms with E-state index in [0.29, 0.717) is 18.8 Å². The summed E-state index contributed by atoms with van der Waals surface area (Å²) in [6.07, 6.45) is 2.36. The number of fused-ring (bicyclic) bond motifs is 1. The van der Waals surface area contributed by atoms with Crippen molar-refractivity contribution in [2.75, 3.05) is 13.2 Å². The average molecular weight is 283 g/mol. The van der Waals surface area contributed by atoms with Crippen LogP contribution in [0.3, 0.4) is 0 Å². The maximum atomic E-state index is 11.9.